The lowest BCUT2D eigenvalue weighted by Gasteiger charge is -2.07. The van der Waals surface area contributed by atoms with Crippen LogP contribution in [0.4, 0.5) is 0 Å². The van der Waals surface area contributed by atoms with Gasteiger partial charge in [0.2, 0.25) is 5.91 Å². The summed E-state index contributed by atoms with van der Waals surface area (Å²) in [5.41, 5.74) is 1.52. The molecular weight excluding hydrogens is 270 g/mol. The molecule has 0 atom stereocenters. The SMILES string of the molecule is COCCNC(=O)CCNC(=O)c1cccc2[nH]ccc12. The molecule has 0 aliphatic rings. The van der Waals surface area contributed by atoms with Crippen molar-refractivity contribution in [2.24, 2.45) is 0 Å². The lowest BCUT2D eigenvalue weighted by atomic mass is 10.1. The molecule has 0 saturated heterocycles. The molecule has 6 heteroatoms. The summed E-state index contributed by atoms with van der Waals surface area (Å²) in [4.78, 5) is 26.7. The highest BCUT2D eigenvalue weighted by Gasteiger charge is 2.10. The van der Waals surface area contributed by atoms with Gasteiger partial charge in [-0.2, -0.15) is 0 Å². The van der Waals surface area contributed by atoms with Gasteiger partial charge in [0.15, 0.2) is 0 Å². The number of aromatic nitrogens is 1. The number of H-pyrrole nitrogens is 1. The van der Waals surface area contributed by atoms with Crippen molar-refractivity contribution in [2.75, 3.05) is 26.8 Å². The first-order chi connectivity index (χ1) is 10.2. The molecule has 6 nitrogen and oxygen atoms in total. The highest BCUT2D eigenvalue weighted by molar-refractivity contribution is 6.06. The molecule has 0 radical (unpaired) electrons. The third kappa shape index (κ3) is 4.06. The molecule has 1 aromatic heterocycles. The maximum atomic E-state index is 12.1. The van der Waals surface area contributed by atoms with E-state index in [2.05, 4.69) is 15.6 Å². The molecule has 112 valence electrons. The first-order valence-electron chi connectivity index (χ1n) is 6.82. The van der Waals surface area contributed by atoms with Crippen LogP contribution in [0.1, 0.15) is 16.8 Å². The molecule has 0 fully saturated rings. The Morgan fingerprint density at radius 3 is 2.86 bits per heavy atom. The largest absolute Gasteiger partial charge is 0.383 e. The van der Waals surface area contributed by atoms with Gasteiger partial charge in [-0.25, -0.2) is 0 Å². The van der Waals surface area contributed by atoms with E-state index < -0.39 is 0 Å². The van der Waals surface area contributed by atoms with Gasteiger partial charge in [-0.15, -0.1) is 0 Å². The van der Waals surface area contributed by atoms with Crippen molar-refractivity contribution in [3.8, 4) is 0 Å². The fraction of sp³-hybridized carbons (Fsp3) is 0.333. The summed E-state index contributed by atoms with van der Waals surface area (Å²) >= 11 is 0. The molecule has 1 aromatic carbocycles. The summed E-state index contributed by atoms with van der Waals surface area (Å²) in [7, 11) is 1.58. The summed E-state index contributed by atoms with van der Waals surface area (Å²) < 4.78 is 4.84. The normalized spacial score (nSPS) is 10.5. The Morgan fingerprint density at radius 2 is 2.05 bits per heavy atom. The average Bonchev–Trinajstić information content (AvgIpc) is 2.95. The van der Waals surface area contributed by atoms with Crippen molar-refractivity contribution in [3.63, 3.8) is 0 Å². The van der Waals surface area contributed by atoms with E-state index in [4.69, 9.17) is 4.74 Å². The summed E-state index contributed by atoms with van der Waals surface area (Å²) in [5, 5.41) is 6.33. The number of hydrogen-bond donors (Lipinski definition) is 3. The third-order valence-corrected chi connectivity index (χ3v) is 3.11. The van der Waals surface area contributed by atoms with Gasteiger partial charge < -0.3 is 20.4 Å². The highest BCUT2D eigenvalue weighted by Crippen LogP contribution is 2.16. The van der Waals surface area contributed by atoms with Crippen molar-refractivity contribution >= 4 is 22.7 Å². The van der Waals surface area contributed by atoms with E-state index in [0.717, 1.165) is 10.9 Å². The van der Waals surface area contributed by atoms with Crippen molar-refractivity contribution in [1.29, 1.82) is 0 Å². The summed E-state index contributed by atoms with van der Waals surface area (Å²) in [5.74, 6) is -0.280. The van der Waals surface area contributed by atoms with Crippen LogP contribution in [-0.4, -0.2) is 43.6 Å². The maximum Gasteiger partial charge on any atom is 0.251 e. The van der Waals surface area contributed by atoms with Crippen molar-refractivity contribution in [1.82, 2.24) is 15.6 Å². The average molecular weight is 289 g/mol. The van der Waals surface area contributed by atoms with E-state index in [0.29, 0.717) is 25.3 Å². The number of nitrogens with one attached hydrogen (secondary N) is 3. The molecule has 0 aliphatic carbocycles. The number of aromatic amines is 1. The topological polar surface area (TPSA) is 83.2 Å². The maximum absolute atomic E-state index is 12.1. The second-order valence-corrected chi connectivity index (χ2v) is 4.59. The Bertz CT molecular complexity index is 621. The van der Waals surface area contributed by atoms with Crippen LogP contribution in [0.15, 0.2) is 30.5 Å². The second kappa shape index (κ2) is 7.44. The number of amides is 2. The molecule has 0 saturated carbocycles. The van der Waals surface area contributed by atoms with E-state index in [1.165, 1.54) is 0 Å². The highest BCUT2D eigenvalue weighted by atomic mass is 16.5. The van der Waals surface area contributed by atoms with Crippen molar-refractivity contribution in [3.05, 3.63) is 36.0 Å². The fourth-order valence-electron chi connectivity index (χ4n) is 2.05. The zero-order valence-corrected chi connectivity index (χ0v) is 11.9. The molecule has 2 aromatic rings. The Labute approximate surface area is 122 Å². The molecular formula is C15H19N3O3. The summed E-state index contributed by atoms with van der Waals surface area (Å²) in [6, 6.07) is 7.37. The van der Waals surface area contributed by atoms with Crippen molar-refractivity contribution in [2.45, 2.75) is 6.42 Å². The molecule has 0 spiro atoms. The van der Waals surface area contributed by atoms with Crippen LogP contribution in [0.2, 0.25) is 0 Å². The molecule has 21 heavy (non-hydrogen) atoms. The predicted molar refractivity (Wildman–Crippen MR) is 80.1 cm³/mol. The van der Waals surface area contributed by atoms with E-state index in [-0.39, 0.29) is 18.2 Å². The van der Waals surface area contributed by atoms with E-state index in [1.54, 1.807) is 19.4 Å². The molecule has 0 bridgehead atoms. The Kier molecular flexibility index (Phi) is 5.34. The molecule has 1 heterocycles. The summed E-state index contributed by atoms with van der Waals surface area (Å²) in [6.07, 6.45) is 2.04. The number of hydrogen-bond acceptors (Lipinski definition) is 3. The second-order valence-electron chi connectivity index (χ2n) is 4.59. The van der Waals surface area contributed by atoms with Crippen LogP contribution in [0.5, 0.6) is 0 Å². The smallest absolute Gasteiger partial charge is 0.251 e. The molecule has 3 N–H and O–H groups in total. The lowest BCUT2D eigenvalue weighted by Crippen LogP contribution is -2.32. The number of rotatable bonds is 7. The number of carbonyl (C=O) groups excluding carboxylic acids is 2. The minimum absolute atomic E-state index is 0.104. The van der Waals surface area contributed by atoms with Crippen LogP contribution in [0, 0.1) is 0 Å². The van der Waals surface area contributed by atoms with Gasteiger partial charge in [0.1, 0.15) is 0 Å². The quantitative estimate of drug-likeness (QED) is 0.666. The fourth-order valence-corrected chi connectivity index (χ4v) is 2.05. The minimum atomic E-state index is -0.176. The van der Waals surface area contributed by atoms with E-state index in [9.17, 15) is 9.59 Å². The van der Waals surface area contributed by atoms with Gasteiger partial charge in [0.05, 0.1) is 6.61 Å². The first-order valence-corrected chi connectivity index (χ1v) is 6.82. The van der Waals surface area contributed by atoms with Crippen LogP contribution in [-0.2, 0) is 9.53 Å². The number of ether oxygens (including phenoxy) is 1. The van der Waals surface area contributed by atoms with Gasteiger partial charge in [-0.1, -0.05) is 6.07 Å². The third-order valence-electron chi connectivity index (χ3n) is 3.11. The predicted octanol–water partition coefficient (Wildman–Crippen LogP) is 1.05. The first kappa shape index (κ1) is 15.1. The molecule has 0 aliphatic heterocycles. The lowest BCUT2D eigenvalue weighted by molar-refractivity contribution is -0.121. The number of fused-ring (bicyclic) bond motifs is 1. The van der Waals surface area contributed by atoms with Gasteiger partial charge in [0.25, 0.3) is 5.91 Å². The van der Waals surface area contributed by atoms with Crippen LogP contribution < -0.4 is 10.6 Å². The Balaban J connectivity index is 1.82. The standard InChI is InChI=1S/C15H19N3O3/c1-21-10-9-17-14(19)6-8-18-15(20)12-3-2-4-13-11(12)5-7-16-13/h2-5,7,16H,6,8-10H2,1H3,(H,17,19)(H,18,20). The van der Waals surface area contributed by atoms with Gasteiger partial charge in [0, 0.05) is 49.3 Å². The zero-order valence-electron chi connectivity index (χ0n) is 11.9. The molecule has 2 rings (SSSR count). The summed E-state index contributed by atoms with van der Waals surface area (Å²) in [6.45, 7) is 1.26. The van der Waals surface area contributed by atoms with E-state index in [1.807, 2.05) is 18.2 Å². The van der Waals surface area contributed by atoms with Crippen LogP contribution in [0.25, 0.3) is 10.9 Å². The Morgan fingerprint density at radius 1 is 1.19 bits per heavy atom. The van der Waals surface area contributed by atoms with Gasteiger partial charge >= 0.3 is 0 Å². The molecule has 2 amide bonds. The Hall–Kier alpha value is -2.34. The van der Waals surface area contributed by atoms with Crippen molar-refractivity contribution < 1.29 is 14.3 Å². The number of methoxy groups -OCH3 is 1. The molecule has 0 unspecified atom stereocenters. The monoisotopic (exact) mass is 289 g/mol. The number of benzene rings is 1. The van der Waals surface area contributed by atoms with Gasteiger partial charge in [-0.3, -0.25) is 9.59 Å². The number of carbonyl (C=O) groups is 2. The van der Waals surface area contributed by atoms with Crippen LogP contribution >= 0.6 is 0 Å². The minimum Gasteiger partial charge on any atom is -0.383 e. The van der Waals surface area contributed by atoms with Crippen LogP contribution in [0.3, 0.4) is 0 Å². The van der Waals surface area contributed by atoms with E-state index >= 15 is 0 Å². The van der Waals surface area contributed by atoms with Gasteiger partial charge in [-0.05, 0) is 18.2 Å². The zero-order chi connectivity index (χ0) is 15.1.